The second-order valence-electron chi connectivity index (χ2n) is 3.97. The number of aliphatic carboxylic acids is 1. The highest BCUT2D eigenvalue weighted by molar-refractivity contribution is 7.92. The van der Waals surface area contributed by atoms with Crippen molar-refractivity contribution in [1.82, 2.24) is 9.78 Å². The number of carbonyl (C=O) groups is 1. The van der Waals surface area contributed by atoms with Gasteiger partial charge in [-0.05, 0) is 12.1 Å². The van der Waals surface area contributed by atoms with Crippen LogP contribution in [-0.4, -0.2) is 29.3 Å². The van der Waals surface area contributed by atoms with E-state index in [0.29, 0.717) is 0 Å². The number of para-hydroxylation sites is 1. The Kier molecular flexibility index (Phi) is 4.14. The minimum Gasteiger partial charge on any atom is -0.480 e. The van der Waals surface area contributed by atoms with Gasteiger partial charge in [0.1, 0.15) is 22.9 Å². The van der Waals surface area contributed by atoms with Gasteiger partial charge >= 0.3 is 5.97 Å². The van der Waals surface area contributed by atoms with Gasteiger partial charge in [0, 0.05) is 6.20 Å². The molecular formula is C11H9ClFN3O4S. The van der Waals surface area contributed by atoms with Crippen molar-refractivity contribution in [3.05, 3.63) is 41.4 Å². The minimum atomic E-state index is -4.12. The summed E-state index contributed by atoms with van der Waals surface area (Å²) in [5, 5.41) is 12.1. The molecular weight excluding hydrogens is 325 g/mol. The Balaban J connectivity index is 2.30. The predicted octanol–water partition coefficient (Wildman–Crippen LogP) is 1.56. The summed E-state index contributed by atoms with van der Waals surface area (Å²) in [5.41, 5.74) is -0.384. The van der Waals surface area contributed by atoms with Gasteiger partial charge in [-0.25, -0.2) is 12.8 Å². The van der Waals surface area contributed by atoms with Crippen LogP contribution in [0.4, 0.5) is 10.1 Å². The van der Waals surface area contributed by atoms with Crippen molar-refractivity contribution in [2.75, 3.05) is 4.72 Å². The van der Waals surface area contributed by atoms with Crippen molar-refractivity contribution in [2.45, 2.75) is 11.4 Å². The molecule has 0 radical (unpaired) electrons. The number of rotatable bonds is 5. The first-order chi connectivity index (χ1) is 9.79. The van der Waals surface area contributed by atoms with Crippen LogP contribution in [0.25, 0.3) is 0 Å². The number of aromatic nitrogens is 2. The van der Waals surface area contributed by atoms with Gasteiger partial charge in [0.05, 0.1) is 11.2 Å². The zero-order valence-electron chi connectivity index (χ0n) is 10.3. The van der Waals surface area contributed by atoms with Gasteiger partial charge in [-0.2, -0.15) is 5.10 Å². The van der Waals surface area contributed by atoms with E-state index in [4.69, 9.17) is 16.7 Å². The Morgan fingerprint density at radius 1 is 1.48 bits per heavy atom. The van der Waals surface area contributed by atoms with Gasteiger partial charge in [0.15, 0.2) is 0 Å². The molecule has 0 atom stereocenters. The van der Waals surface area contributed by atoms with E-state index in [9.17, 15) is 17.6 Å². The second kappa shape index (κ2) is 5.70. The van der Waals surface area contributed by atoms with Gasteiger partial charge in [-0.1, -0.05) is 17.7 Å². The molecule has 0 aliphatic carbocycles. The number of sulfonamides is 1. The molecule has 10 heteroatoms. The van der Waals surface area contributed by atoms with Crippen molar-refractivity contribution in [3.63, 3.8) is 0 Å². The van der Waals surface area contributed by atoms with Crippen LogP contribution in [0.1, 0.15) is 0 Å². The Bertz CT molecular complexity index is 770. The first-order valence-corrected chi connectivity index (χ1v) is 7.37. The molecule has 112 valence electrons. The van der Waals surface area contributed by atoms with E-state index in [-0.39, 0.29) is 15.6 Å². The van der Waals surface area contributed by atoms with Gasteiger partial charge in [0.25, 0.3) is 10.0 Å². The maximum absolute atomic E-state index is 13.6. The standard InChI is InChI=1S/C11H9ClFN3O4S/c12-8-2-1-3-9(13)11(8)15-21(19,20)7-4-14-16(5-7)6-10(17)18/h1-5,15H,6H2,(H,17,18). The molecule has 0 aliphatic rings. The quantitative estimate of drug-likeness (QED) is 0.864. The third kappa shape index (κ3) is 3.50. The third-order valence-electron chi connectivity index (χ3n) is 2.42. The van der Waals surface area contributed by atoms with E-state index in [1.165, 1.54) is 12.1 Å². The van der Waals surface area contributed by atoms with Crippen molar-refractivity contribution >= 4 is 33.3 Å². The molecule has 2 rings (SSSR count). The Morgan fingerprint density at radius 3 is 2.81 bits per heavy atom. The monoisotopic (exact) mass is 333 g/mol. The maximum atomic E-state index is 13.6. The molecule has 0 fully saturated rings. The van der Waals surface area contributed by atoms with E-state index in [1.807, 2.05) is 4.72 Å². The molecule has 2 N–H and O–H groups in total. The fraction of sp³-hybridized carbons (Fsp3) is 0.0909. The van der Waals surface area contributed by atoms with Crippen molar-refractivity contribution in [2.24, 2.45) is 0 Å². The lowest BCUT2D eigenvalue weighted by molar-refractivity contribution is -0.137. The average Bonchev–Trinajstić information content (AvgIpc) is 2.82. The second-order valence-corrected chi connectivity index (χ2v) is 6.06. The summed E-state index contributed by atoms with van der Waals surface area (Å²) >= 11 is 5.73. The van der Waals surface area contributed by atoms with E-state index in [0.717, 1.165) is 23.1 Å². The highest BCUT2D eigenvalue weighted by Crippen LogP contribution is 2.27. The molecule has 0 bridgehead atoms. The fourth-order valence-corrected chi connectivity index (χ4v) is 2.80. The summed E-state index contributed by atoms with van der Waals surface area (Å²) in [5.74, 6) is -2.00. The maximum Gasteiger partial charge on any atom is 0.325 e. The molecule has 0 spiro atoms. The zero-order chi connectivity index (χ0) is 15.6. The summed E-state index contributed by atoms with van der Waals surface area (Å²) in [7, 11) is -4.12. The highest BCUT2D eigenvalue weighted by atomic mass is 35.5. The minimum absolute atomic E-state index is 0.100. The molecule has 0 saturated heterocycles. The first kappa shape index (κ1) is 15.3. The zero-order valence-corrected chi connectivity index (χ0v) is 11.9. The number of carboxylic acid groups (broad SMARTS) is 1. The van der Waals surface area contributed by atoms with Crippen LogP contribution in [0.15, 0.2) is 35.5 Å². The van der Waals surface area contributed by atoms with E-state index < -0.39 is 28.4 Å². The molecule has 0 saturated carbocycles. The number of nitrogens with one attached hydrogen (secondary N) is 1. The molecule has 0 unspecified atom stereocenters. The number of benzene rings is 1. The topological polar surface area (TPSA) is 101 Å². The van der Waals surface area contributed by atoms with Crippen LogP contribution in [0.3, 0.4) is 0 Å². The fourth-order valence-electron chi connectivity index (χ4n) is 1.50. The first-order valence-electron chi connectivity index (χ1n) is 5.50. The Hall–Kier alpha value is -2.13. The highest BCUT2D eigenvalue weighted by Gasteiger charge is 2.20. The molecule has 1 aromatic carbocycles. The third-order valence-corrected chi connectivity index (χ3v) is 4.04. The van der Waals surface area contributed by atoms with E-state index in [1.54, 1.807) is 0 Å². The summed E-state index contributed by atoms with van der Waals surface area (Å²) in [4.78, 5) is 10.2. The lowest BCUT2D eigenvalue weighted by Gasteiger charge is -2.08. The molecule has 7 nitrogen and oxygen atoms in total. The molecule has 21 heavy (non-hydrogen) atoms. The van der Waals surface area contributed by atoms with Crippen LogP contribution in [0, 0.1) is 5.82 Å². The van der Waals surface area contributed by atoms with Crippen molar-refractivity contribution in [3.8, 4) is 0 Å². The SMILES string of the molecule is O=C(O)Cn1cc(S(=O)(=O)Nc2c(F)cccc2Cl)cn1. The predicted molar refractivity (Wildman–Crippen MR) is 72.1 cm³/mol. The van der Waals surface area contributed by atoms with Crippen LogP contribution < -0.4 is 4.72 Å². The normalized spacial score (nSPS) is 11.3. The van der Waals surface area contributed by atoms with Gasteiger partial charge in [0.2, 0.25) is 0 Å². The van der Waals surface area contributed by atoms with Crippen LogP contribution >= 0.6 is 11.6 Å². The molecule has 1 heterocycles. The number of nitrogens with zero attached hydrogens (tertiary/aromatic N) is 2. The van der Waals surface area contributed by atoms with Gasteiger partial charge < -0.3 is 5.11 Å². The smallest absolute Gasteiger partial charge is 0.325 e. The summed E-state index contributed by atoms with van der Waals surface area (Å²) in [6.07, 6.45) is 1.98. The summed E-state index contributed by atoms with van der Waals surface area (Å²) in [6.45, 7) is -0.490. The summed E-state index contributed by atoms with van der Waals surface area (Å²) in [6, 6.07) is 3.72. The summed E-state index contributed by atoms with van der Waals surface area (Å²) < 4.78 is 40.6. The molecule has 0 aliphatic heterocycles. The number of hydrogen-bond acceptors (Lipinski definition) is 4. The number of hydrogen-bond donors (Lipinski definition) is 2. The van der Waals surface area contributed by atoms with Crippen LogP contribution in [0.2, 0.25) is 5.02 Å². The lowest BCUT2D eigenvalue weighted by atomic mass is 10.3. The van der Waals surface area contributed by atoms with E-state index >= 15 is 0 Å². The van der Waals surface area contributed by atoms with Crippen LogP contribution in [-0.2, 0) is 21.4 Å². The molecule has 0 amide bonds. The Labute approximate surface area is 124 Å². The van der Waals surface area contributed by atoms with Crippen molar-refractivity contribution < 1.29 is 22.7 Å². The Morgan fingerprint density at radius 2 is 2.19 bits per heavy atom. The number of halogens is 2. The number of anilines is 1. The van der Waals surface area contributed by atoms with E-state index in [2.05, 4.69) is 5.10 Å². The largest absolute Gasteiger partial charge is 0.480 e. The lowest BCUT2D eigenvalue weighted by Crippen LogP contribution is -2.14. The number of carboxylic acids is 1. The average molecular weight is 334 g/mol. The van der Waals surface area contributed by atoms with Gasteiger partial charge in [-0.3, -0.25) is 14.2 Å². The molecule has 1 aromatic heterocycles. The van der Waals surface area contributed by atoms with Crippen molar-refractivity contribution in [1.29, 1.82) is 0 Å². The molecule has 2 aromatic rings. The van der Waals surface area contributed by atoms with Crippen LogP contribution in [0.5, 0.6) is 0 Å². The van der Waals surface area contributed by atoms with Gasteiger partial charge in [-0.15, -0.1) is 0 Å².